The number of isocyanates is 2. The molecule has 2 N–H and O–H groups in total. The van der Waals surface area contributed by atoms with Gasteiger partial charge in [0, 0.05) is 11.4 Å². The number of ether oxygens (including phenoxy) is 2. The van der Waals surface area contributed by atoms with Crippen molar-refractivity contribution in [2.45, 2.75) is 0 Å². The second-order valence-corrected chi connectivity index (χ2v) is 6.01. The van der Waals surface area contributed by atoms with Gasteiger partial charge in [-0.1, -0.05) is 12.1 Å². The number of nitrogens with zero attached hydrogens (tertiary/aromatic N) is 2. The van der Waals surface area contributed by atoms with Crippen molar-refractivity contribution in [1.82, 2.24) is 0 Å². The summed E-state index contributed by atoms with van der Waals surface area (Å²) in [5, 5.41) is 5.00. The number of anilines is 2. The number of amides is 2. The first kappa shape index (κ1) is 21.7. The molecule has 0 fully saturated rings. The lowest BCUT2D eigenvalue weighted by atomic mass is 10.3. The molecule has 0 saturated heterocycles. The number of benzene rings is 3. The van der Waals surface area contributed by atoms with Crippen LogP contribution in [-0.4, -0.2) is 24.3 Å². The average molecular weight is 430 g/mol. The molecule has 3 rings (SSSR count). The second-order valence-electron chi connectivity index (χ2n) is 6.01. The summed E-state index contributed by atoms with van der Waals surface area (Å²) in [6.45, 7) is 0. The van der Waals surface area contributed by atoms with Crippen molar-refractivity contribution in [2.24, 2.45) is 9.98 Å². The lowest BCUT2D eigenvalue weighted by molar-refractivity contribution is 0.213. The molecule has 0 saturated carbocycles. The molecule has 3 aromatic rings. The lowest BCUT2D eigenvalue weighted by Gasteiger charge is -2.09. The Balaban J connectivity index is 1.54. The van der Waals surface area contributed by atoms with Crippen molar-refractivity contribution in [3.8, 4) is 11.5 Å². The van der Waals surface area contributed by atoms with E-state index in [9.17, 15) is 19.2 Å². The minimum atomic E-state index is -0.762. The summed E-state index contributed by atoms with van der Waals surface area (Å²) in [7, 11) is 0. The van der Waals surface area contributed by atoms with E-state index in [1.165, 1.54) is 48.6 Å². The molecule has 0 aromatic heterocycles. The molecule has 3 aromatic carbocycles. The lowest BCUT2D eigenvalue weighted by Crippen LogP contribution is -2.17. The van der Waals surface area contributed by atoms with Crippen molar-refractivity contribution in [2.75, 3.05) is 10.6 Å². The topological polar surface area (TPSA) is 136 Å². The first-order valence-electron chi connectivity index (χ1n) is 8.99. The van der Waals surface area contributed by atoms with Crippen molar-refractivity contribution in [3.63, 3.8) is 0 Å². The van der Waals surface area contributed by atoms with E-state index >= 15 is 0 Å². The van der Waals surface area contributed by atoms with Crippen LogP contribution < -0.4 is 20.1 Å². The maximum Gasteiger partial charge on any atom is 0.417 e. The number of nitrogens with one attached hydrogen (secondary N) is 2. The third kappa shape index (κ3) is 6.50. The second kappa shape index (κ2) is 10.7. The summed E-state index contributed by atoms with van der Waals surface area (Å²) < 4.78 is 10.3. The molecule has 0 atom stereocenters. The van der Waals surface area contributed by atoms with Gasteiger partial charge in [-0.15, -0.1) is 0 Å². The first-order chi connectivity index (χ1) is 15.6. The van der Waals surface area contributed by atoms with Gasteiger partial charge in [0.2, 0.25) is 12.2 Å². The molecular weight excluding hydrogens is 416 g/mol. The number of carbonyl (C=O) groups excluding carboxylic acids is 4. The van der Waals surface area contributed by atoms with Crippen LogP contribution in [0.5, 0.6) is 11.5 Å². The van der Waals surface area contributed by atoms with E-state index < -0.39 is 12.2 Å². The maximum atomic E-state index is 12.0. The molecule has 0 aliphatic carbocycles. The number of hydrogen-bond acceptors (Lipinski definition) is 8. The predicted molar refractivity (Wildman–Crippen MR) is 114 cm³/mol. The minimum absolute atomic E-state index is 0.205. The van der Waals surface area contributed by atoms with Crippen molar-refractivity contribution >= 4 is 47.1 Å². The highest BCUT2D eigenvalue weighted by Gasteiger charge is 2.09. The van der Waals surface area contributed by atoms with Gasteiger partial charge in [0.15, 0.2) is 0 Å². The molecule has 2 amide bonds. The molecular formula is C22H14N4O6. The van der Waals surface area contributed by atoms with Crippen LogP contribution in [0.1, 0.15) is 0 Å². The van der Waals surface area contributed by atoms with E-state index in [0.717, 1.165) is 0 Å². The summed E-state index contributed by atoms with van der Waals surface area (Å²) in [6, 6.07) is 18.3. The average Bonchev–Trinajstić information content (AvgIpc) is 2.76. The van der Waals surface area contributed by atoms with Crippen LogP contribution in [0, 0.1) is 0 Å². The van der Waals surface area contributed by atoms with Gasteiger partial charge in [-0.3, -0.25) is 10.6 Å². The number of rotatable bonds is 6. The van der Waals surface area contributed by atoms with E-state index in [2.05, 4.69) is 20.6 Å². The van der Waals surface area contributed by atoms with Crippen molar-refractivity contribution in [3.05, 3.63) is 72.8 Å². The van der Waals surface area contributed by atoms with Crippen LogP contribution in [0.25, 0.3) is 0 Å². The van der Waals surface area contributed by atoms with Crippen LogP contribution in [0.15, 0.2) is 82.8 Å². The van der Waals surface area contributed by atoms with E-state index in [1.54, 1.807) is 36.4 Å². The molecule has 158 valence electrons. The molecule has 0 unspecified atom stereocenters. The van der Waals surface area contributed by atoms with E-state index in [4.69, 9.17) is 9.47 Å². The standard InChI is InChI=1S/C22H14N4O6/c27-13-23-15-3-1-5-17(11-15)25-21(29)31-19-7-9-20(10-8-19)32-22(30)26-18-6-2-4-16(12-18)24-14-28/h1-12H,(H,25,29)(H,26,30). The highest BCUT2D eigenvalue weighted by atomic mass is 16.6. The van der Waals surface area contributed by atoms with Gasteiger partial charge in [0.25, 0.3) is 0 Å². The predicted octanol–water partition coefficient (Wildman–Crippen LogP) is 4.84. The van der Waals surface area contributed by atoms with E-state index in [0.29, 0.717) is 22.7 Å². The Bertz CT molecular complexity index is 1130. The normalized spacial score (nSPS) is 9.50. The SMILES string of the molecule is O=C=Nc1cccc(NC(=O)Oc2ccc(OC(=O)Nc3cccc(N=C=O)c3)cc2)c1. The Hall–Kier alpha value is -5.04. The van der Waals surface area contributed by atoms with Crippen LogP contribution in [0.2, 0.25) is 0 Å². The number of carbonyl (C=O) groups is 2. The zero-order valence-corrected chi connectivity index (χ0v) is 16.3. The molecule has 32 heavy (non-hydrogen) atoms. The fraction of sp³-hybridized carbons (Fsp3) is 0. The Labute approximate surface area is 181 Å². The molecule has 0 bridgehead atoms. The largest absolute Gasteiger partial charge is 0.417 e. The number of hydrogen-bond donors (Lipinski definition) is 2. The van der Waals surface area contributed by atoms with Gasteiger partial charge in [-0.2, -0.15) is 9.98 Å². The molecule has 0 heterocycles. The third-order valence-electron chi connectivity index (χ3n) is 3.78. The van der Waals surface area contributed by atoms with E-state index in [1.807, 2.05) is 0 Å². The van der Waals surface area contributed by atoms with Gasteiger partial charge < -0.3 is 9.47 Å². The highest BCUT2D eigenvalue weighted by molar-refractivity contribution is 5.88. The van der Waals surface area contributed by atoms with Crippen molar-refractivity contribution < 1.29 is 28.7 Å². The molecule has 0 spiro atoms. The van der Waals surface area contributed by atoms with Crippen LogP contribution in [0.3, 0.4) is 0 Å². The molecule has 10 heteroatoms. The van der Waals surface area contributed by atoms with Gasteiger partial charge in [-0.05, 0) is 60.7 Å². The third-order valence-corrected chi connectivity index (χ3v) is 3.78. The minimum Gasteiger partial charge on any atom is -0.410 e. The molecule has 10 nitrogen and oxygen atoms in total. The summed E-state index contributed by atoms with van der Waals surface area (Å²) in [6.07, 6.45) is 1.31. The van der Waals surface area contributed by atoms with Gasteiger partial charge in [0.1, 0.15) is 11.5 Å². The fourth-order valence-corrected chi connectivity index (χ4v) is 2.49. The Kier molecular flexibility index (Phi) is 7.21. The van der Waals surface area contributed by atoms with Gasteiger partial charge in [-0.25, -0.2) is 19.2 Å². The highest BCUT2D eigenvalue weighted by Crippen LogP contribution is 2.21. The number of aliphatic imine (C=N–C) groups is 2. The smallest absolute Gasteiger partial charge is 0.410 e. The summed E-state index contributed by atoms with van der Waals surface area (Å²) in [5.74, 6) is 0.411. The summed E-state index contributed by atoms with van der Waals surface area (Å²) >= 11 is 0. The quantitative estimate of drug-likeness (QED) is 0.424. The van der Waals surface area contributed by atoms with Crippen LogP contribution in [0.4, 0.5) is 32.3 Å². The molecule has 0 aliphatic rings. The Morgan fingerprint density at radius 2 is 1.06 bits per heavy atom. The van der Waals surface area contributed by atoms with Gasteiger partial charge in [0.05, 0.1) is 11.4 Å². The maximum absolute atomic E-state index is 12.0. The van der Waals surface area contributed by atoms with Crippen LogP contribution >= 0.6 is 0 Å². The summed E-state index contributed by atoms with van der Waals surface area (Å²) in [5.41, 5.74) is 1.43. The Morgan fingerprint density at radius 1 is 0.656 bits per heavy atom. The monoisotopic (exact) mass is 430 g/mol. The Morgan fingerprint density at radius 3 is 1.44 bits per heavy atom. The first-order valence-corrected chi connectivity index (χ1v) is 8.99. The van der Waals surface area contributed by atoms with Gasteiger partial charge >= 0.3 is 12.2 Å². The van der Waals surface area contributed by atoms with Crippen LogP contribution in [-0.2, 0) is 9.59 Å². The van der Waals surface area contributed by atoms with E-state index in [-0.39, 0.29) is 11.5 Å². The van der Waals surface area contributed by atoms with Crippen molar-refractivity contribution in [1.29, 1.82) is 0 Å². The molecule has 0 aliphatic heterocycles. The fourth-order valence-electron chi connectivity index (χ4n) is 2.49. The zero-order valence-electron chi connectivity index (χ0n) is 16.3. The molecule has 0 radical (unpaired) electrons. The zero-order chi connectivity index (χ0) is 22.8. The summed E-state index contributed by atoms with van der Waals surface area (Å²) in [4.78, 5) is 51.6.